The highest BCUT2D eigenvalue weighted by molar-refractivity contribution is 7.83. The largest absolute Gasteiger partial charge is 0.318 e. The summed E-state index contributed by atoms with van der Waals surface area (Å²) in [5.41, 5.74) is 1.92. The molecule has 2 rings (SSSR count). The molecule has 0 aliphatic rings. The van der Waals surface area contributed by atoms with Gasteiger partial charge in [0, 0.05) is 28.4 Å². The molecule has 5 nitrogen and oxygen atoms in total. The topological polar surface area (TPSA) is 75.3 Å². The second-order valence-electron chi connectivity index (χ2n) is 5.30. The molecule has 1 atom stereocenters. The SMILES string of the molecule is Cc1cc(F)cc(NC(=O)C(=O)Nc2ccccc2C[S@@](C)=O)c1. The van der Waals surface area contributed by atoms with Gasteiger partial charge in [-0.15, -0.1) is 0 Å². The maximum Gasteiger partial charge on any atom is 0.314 e. The summed E-state index contributed by atoms with van der Waals surface area (Å²) in [5.74, 6) is -2.03. The van der Waals surface area contributed by atoms with E-state index < -0.39 is 28.4 Å². The first-order valence-electron chi connectivity index (χ1n) is 7.12. The fourth-order valence-electron chi connectivity index (χ4n) is 2.16. The number of rotatable bonds is 4. The first-order valence-corrected chi connectivity index (χ1v) is 8.85. The predicted octanol–water partition coefficient (Wildman–Crippen LogP) is 2.59. The van der Waals surface area contributed by atoms with Gasteiger partial charge in [-0.05, 0) is 42.3 Å². The van der Waals surface area contributed by atoms with E-state index in [4.69, 9.17) is 0 Å². The van der Waals surface area contributed by atoms with Gasteiger partial charge >= 0.3 is 11.8 Å². The monoisotopic (exact) mass is 348 g/mol. The molecule has 0 fully saturated rings. The van der Waals surface area contributed by atoms with Crippen molar-refractivity contribution < 1.29 is 18.2 Å². The highest BCUT2D eigenvalue weighted by Crippen LogP contribution is 2.17. The average molecular weight is 348 g/mol. The predicted molar refractivity (Wildman–Crippen MR) is 92.6 cm³/mol. The Morgan fingerprint density at radius 2 is 1.75 bits per heavy atom. The van der Waals surface area contributed by atoms with Crippen LogP contribution in [0.4, 0.5) is 15.8 Å². The van der Waals surface area contributed by atoms with E-state index in [2.05, 4.69) is 10.6 Å². The summed E-state index contributed by atoms with van der Waals surface area (Å²) >= 11 is 0. The summed E-state index contributed by atoms with van der Waals surface area (Å²) in [6.07, 6.45) is 1.55. The number of nitrogens with one attached hydrogen (secondary N) is 2. The number of carbonyl (C=O) groups excluding carboxylic acids is 2. The Kier molecular flexibility index (Phi) is 5.81. The lowest BCUT2D eigenvalue weighted by Crippen LogP contribution is -2.29. The van der Waals surface area contributed by atoms with Crippen LogP contribution >= 0.6 is 0 Å². The fourth-order valence-corrected chi connectivity index (χ4v) is 2.85. The van der Waals surface area contributed by atoms with E-state index in [1.807, 2.05) is 0 Å². The zero-order chi connectivity index (χ0) is 17.7. The molecular formula is C17H17FN2O3S. The van der Waals surface area contributed by atoms with Gasteiger partial charge in [0.15, 0.2) is 0 Å². The Labute approximate surface area is 141 Å². The number of amides is 2. The molecule has 0 aromatic heterocycles. The molecule has 126 valence electrons. The van der Waals surface area contributed by atoms with Crippen molar-refractivity contribution in [3.8, 4) is 0 Å². The van der Waals surface area contributed by atoms with E-state index in [-0.39, 0.29) is 11.4 Å². The van der Waals surface area contributed by atoms with Gasteiger partial charge in [0.1, 0.15) is 5.82 Å². The van der Waals surface area contributed by atoms with Gasteiger partial charge in [-0.25, -0.2) is 4.39 Å². The Morgan fingerprint density at radius 1 is 1.08 bits per heavy atom. The van der Waals surface area contributed by atoms with Crippen molar-refractivity contribution in [1.29, 1.82) is 0 Å². The van der Waals surface area contributed by atoms with Crippen LogP contribution < -0.4 is 10.6 Å². The molecule has 2 aromatic rings. The molecule has 0 unspecified atom stereocenters. The van der Waals surface area contributed by atoms with Crippen LogP contribution in [0.1, 0.15) is 11.1 Å². The van der Waals surface area contributed by atoms with E-state index in [1.165, 1.54) is 6.07 Å². The van der Waals surface area contributed by atoms with E-state index in [1.54, 1.807) is 43.5 Å². The highest BCUT2D eigenvalue weighted by atomic mass is 32.2. The first-order chi connectivity index (χ1) is 11.3. The molecule has 0 heterocycles. The molecule has 0 aliphatic carbocycles. The van der Waals surface area contributed by atoms with Crippen LogP contribution in [0.2, 0.25) is 0 Å². The third-order valence-corrected chi connectivity index (χ3v) is 3.85. The second kappa shape index (κ2) is 7.83. The second-order valence-corrected chi connectivity index (χ2v) is 6.74. The van der Waals surface area contributed by atoms with E-state index >= 15 is 0 Å². The van der Waals surface area contributed by atoms with E-state index in [9.17, 15) is 18.2 Å². The summed E-state index contributed by atoms with van der Waals surface area (Å²) in [6.45, 7) is 1.68. The number of hydrogen-bond donors (Lipinski definition) is 2. The first kappa shape index (κ1) is 17.8. The number of aryl methyl sites for hydroxylation is 1. The maximum absolute atomic E-state index is 13.3. The zero-order valence-corrected chi connectivity index (χ0v) is 14.1. The molecular weight excluding hydrogens is 331 g/mol. The van der Waals surface area contributed by atoms with Crippen molar-refractivity contribution in [3.63, 3.8) is 0 Å². The van der Waals surface area contributed by atoms with Crippen LogP contribution in [-0.2, 0) is 26.1 Å². The van der Waals surface area contributed by atoms with Crippen molar-refractivity contribution in [1.82, 2.24) is 0 Å². The summed E-state index contributed by atoms with van der Waals surface area (Å²) in [7, 11) is -1.08. The number of carbonyl (C=O) groups is 2. The summed E-state index contributed by atoms with van der Waals surface area (Å²) in [6, 6.07) is 10.8. The summed E-state index contributed by atoms with van der Waals surface area (Å²) in [4.78, 5) is 24.0. The van der Waals surface area contributed by atoms with Crippen molar-refractivity contribution in [3.05, 3.63) is 59.4 Å². The minimum Gasteiger partial charge on any atom is -0.318 e. The molecule has 7 heteroatoms. The Morgan fingerprint density at radius 3 is 2.42 bits per heavy atom. The van der Waals surface area contributed by atoms with Gasteiger partial charge in [-0.1, -0.05) is 18.2 Å². The lowest BCUT2D eigenvalue weighted by atomic mass is 10.2. The van der Waals surface area contributed by atoms with Crippen LogP contribution in [0.25, 0.3) is 0 Å². The van der Waals surface area contributed by atoms with Crippen molar-refractivity contribution in [2.24, 2.45) is 0 Å². The fraction of sp³-hybridized carbons (Fsp3) is 0.176. The zero-order valence-electron chi connectivity index (χ0n) is 13.3. The van der Waals surface area contributed by atoms with Gasteiger partial charge in [-0.3, -0.25) is 13.8 Å². The molecule has 24 heavy (non-hydrogen) atoms. The molecule has 0 spiro atoms. The van der Waals surface area contributed by atoms with Gasteiger partial charge in [0.2, 0.25) is 0 Å². The number of anilines is 2. The molecule has 0 radical (unpaired) electrons. The third kappa shape index (κ3) is 4.99. The molecule has 2 N–H and O–H groups in total. The molecule has 0 saturated carbocycles. The van der Waals surface area contributed by atoms with Crippen molar-refractivity contribution in [2.75, 3.05) is 16.9 Å². The van der Waals surface area contributed by atoms with Crippen LogP contribution in [0.3, 0.4) is 0 Å². The molecule has 2 aromatic carbocycles. The summed E-state index contributed by atoms with van der Waals surface area (Å²) in [5, 5.41) is 4.84. The van der Waals surface area contributed by atoms with Gasteiger partial charge in [-0.2, -0.15) is 0 Å². The van der Waals surface area contributed by atoms with Crippen LogP contribution in [-0.4, -0.2) is 22.3 Å². The quantitative estimate of drug-likeness (QED) is 0.834. The maximum atomic E-state index is 13.3. The normalized spacial score (nSPS) is 11.6. The average Bonchev–Trinajstić information content (AvgIpc) is 2.47. The van der Waals surface area contributed by atoms with E-state index in [0.717, 1.165) is 6.07 Å². The molecule has 2 amide bonds. The van der Waals surface area contributed by atoms with Crippen molar-refractivity contribution in [2.45, 2.75) is 12.7 Å². The lowest BCUT2D eigenvalue weighted by molar-refractivity contribution is -0.133. The smallest absolute Gasteiger partial charge is 0.314 e. The Balaban J connectivity index is 2.09. The number of hydrogen-bond acceptors (Lipinski definition) is 3. The van der Waals surface area contributed by atoms with Gasteiger partial charge in [0.05, 0.1) is 5.75 Å². The number of halogens is 1. The third-order valence-electron chi connectivity index (χ3n) is 3.13. The number of para-hydroxylation sites is 1. The van der Waals surface area contributed by atoms with Crippen LogP contribution in [0.5, 0.6) is 0 Å². The minimum absolute atomic E-state index is 0.204. The van der Waals surface area contributed by atoms with Gasteiger partial charge in [0.25, 0.3) is 0 Å². The highest BCUT2D eigenvalue weighted by Gasteiger charge is 2.16. The van der Waals surface area contributed by atoms with Crippen LogP contribution in [0, 0.1) is 12.7 Å². The van der Waals surface area contributed by atoms with Gasteiger partial charge < -0.3 is 10.6 Å². The molecule has 0 aliphatic heterocycles. The Bertz CT molecular complexity index is 788. The lowest BCUT2D eigenvalue weighted by Gasteiger charge is -2.10. The Hall–Kier alpha value is -2.54. The molecule has 0 bridgehead atoms. The standard InChI is InChI=1S/C17H17FN2O3S/c1-11-7-13(18)9-14(8-11)19-16(21)17(22)20-15-6-4-3-5-12(15)10-24(2)23/h3-9H,10H2,1-2H3,(H,19,21)(H,20,22)/t24-/m1/s1. The number of benzene rings is 2. The van der Waals surface area contributed by atoms with E-state index in [0.29, 0.717) is 16.8 Å². The van der Waals surface area contributed by atoms with Crippen LogP contribution in [0.15, 0.2) is 42.5 Å². The summed E-state index contributed by atoms with van der Waals surface area (Å²) < 4.78 is 24.7. The molecule has 0 saturated heterocycles. The van der Waals surface area contributed by atoms with Crippen molar-refractivity contribution >= 4 is 34.0 Å². The minimum atomic E-state index is -1.08.